The van der Waals surface area contributed by atoms with Crippen LogP contribution in [-0.4, -0.2) is 29.9 Å². The topological polar surface area (TPSA) is 60.9 Å². The first kappa shape index (κ1) is 34.1. The minimum absolute atomic E-state index is 0.769. The van der Waals surface area contributed by atoms with Crippen LogP contribution in [0.2, 0.25) is 0 Å². The zero-order chi connectivity index (χ0) is 39.6. The number of pyridine rings is 3. The second-order valence-corrected chi connectivity index (χ2v) is 15.4. The molecule has 0 amide bonds. The lowest BCUT2D eigenvalue weighted by Crippen LogP contribution is -2.18. The van der Waals surface area contributed by atoms with Crippen LogP contribution < -0.4 is 0 Å². The van der Waals surface area contributed by atoms with Gasteiger partial charge in [-0.25, -0.2) is 19.9 Å². The maximum absolute atomic E-state index is 5.78. The van der Waals surface area contributed by atoms with Crippen molar-refractivity contribution in [2.45, 2.75) is 12.8 Å². The molecule has 1 aliphatic heterocycles. The lowest BCUT2D eigenvalue weighted by Gasteiger charge is -2.20. The second-order valence-electron chi connectivity index (χ2n) is 15.4. The highest BCUT2D eigenvalue weighted by Crippen LogP contribution is 2.37. The molecule has 0 atom stereocenters. The lowest BCUT2D eigenvalue weighted by atomic mass is 9.93. The van der Waals surface area contributed by atoms with Crippen LogP contribution in [-0.2, 0) is 6.42 Å². The minimum Gasteiger partial charge on any atom is -0.278 e. The maximum atomic E-state index is 5.78. The van der Waals surface area contributed by atoms with Crippen molar-refractivity contribution in [2.24, 2.45) is 4.99 Å². The van der Waals surface area contributed by atoms with Crippen molar-refractivity contribution >= 4 is 66.3 Å². The summed E-state index contributed by atoms with van der Waals surface area (Å²) in [5.41, 5.74) is 13.6. The normalized spacial score (nSPS) is 14.8. The van der Waals surface area contributed by atoms with Gasteiger partial charge in [-0.2, -0.15) is 0 Å². The molecule has 0 N–H and O–H groups in total. The molecule has 0 radical (unpaired) electrons. The summed E-state index contributed by atoms with van der Waals surface area (Å²) >= 11 is 0. The molecule has 5 aromatic heterocycles. The lowest BCUT2D eigenvalue weighted by molar-refractivity contribution is 0.987. The van der Waals surface area contributed by atoms with Gasteiger partial charge in [0.25, 0.3) is 0 Å². The van der Waals surface area contributed by atoms with Crippen molar-refractivity contribution in [3.05, 3.63) is 211 Å². The van der Waals surface area contributed by atoms with Crippen LogP contribution in [0.5, 0.6) is 0 Å². The summed E-state index contributed by atoms with van der Waals surface area (Å²) < 4.78 is 4.45. The molecule has 6 heteroatoms. The molecule has 282 valence electrons. The van der Waals surface area contributed by atoms with Crippen molar-refractivity contribution in [3.63, 3.8) is 0 Å². The van der Waals surface area contributed by atoms with Crippen LogP contribution in [0.4, 0.5) is 0 Å². The number of hydrogen-bond donors (Lipinski definition) is 0. The molecular weight excluding hydrogens is 733 g/mol. The summed E-state index contributed by atoms with van der Waals surface area (Å²) in [7, 11) is 0. The van der Waals surface area contributed by atoms with E-state index in [1.165, 1.54) is 0 Å². The number of fused-ring (bicyclic) bond motifs is 9. The molecule has 60 heavy (non-hydrogen) atoms. The number of aryl methyl sites for hydroxylation is 1. The molecule has 0 unspecified atom stereocenters. The molecule has 0 saturated carbocycles. The molecule has 0 aliphatic carbocycles. The van der Waals surface area contributed by atoms with Crippen molar-refractivity contribution in [1.82, 2.24) is 24.1 Å². The van der Waals surface area contributed by atoms with Crippen molar-refractivity contribution in [3.8, 4) is 28.1 Å². The van der Waals surface area contributed by atoms with E-state index < -0.39 is 0 Å². The fraction of sp³-hybridized carbons (Fsp3) is 0.0370. The van der Waals surface area contributed by atoms with Crippen LogP contribution in [0, 0.1) is 0 Å². The summed E-state index contributed by atoms with van der Waals surface area (Å²) in [5.74, 6) is 1.65. The standard InChI is InChI=1S/C54H36N6/c1-3-14-35(15-4-1)38-32-39(36-16-5-2-6-17-36)34-40(33-38)47-23-11-20-43-46(54(57-47)60-49-25-10-8-19-42(49)45-22-13-31-56-53(45)60)28-26-37-27-29-50(58-51(37)43)59-48-24-9-7-18-41(48)44-21-12-30-55-52(44)59/h1-10,12-19,21-34H,11,20H2/b47-23-,57-54+. The van der Waals surface area contributed by atoms with Crippen LogP contribution in [0.15, 0.2) is 199 Å². The van der Waals surface area contributed by atoms with Crippen LogP contribution in [0.1, 0.15) is 23.1 Å². The van der Waals surface area contributed by atoms with E-state index in [0.717, 1.165) is 124 Å². The number of aliphatic imine (C=N–C) groups is 1. The van der Waals surface area contributed by atoms with Gasteiger partial charge in [-0.05, 0) is 107 Å². The Balaban J connectivity index is 1.12. The van der Waals surface area contributed by atoms with Crippen LogP contribution in [0.3, 0.4) is 0 Å². The molecule has 6 heterocycles. The molecule has 12 rings (SSSR count). The first-order chi connectivity index (χ1) is 29.8. The van der Waals surface area contributed by atoms with E-state index in [-0.39, 0.29) is 0 Å². The molecule has 6 nitrogen and oxygen atoms in total. The highest BCUT2D eigenvalue weighted by atomic mass is 15.1. The third-order valence-electron chi connectivity index (χ3n) is 11.9. The number of para-hydroxylation sites is 2. The van der Waals surface area contributed by atoms with Crippen molar-refractivity contribution < 1.29 is 0 Å². The molecule has 0 fully saturated rings. The van der Waals surface area contributed by atoms with E-state index in [0.29, 0.717) is 0 Å². The smallest absolute Gasteiger partial charge is 0.147 e. The van der Waals surface area contributed by atoms with Gasteiger partial charge in [0.2, 0.25) is 0 Å². The highest BCUT2D eigenvalue weighted by molar-refractivity contribution is 6.19. The Hall–Kier alpha value is -7.96. The Morgan fingerprint density at radius 2 is 1.00 bits per heavy atom. The van der Waals surface area contributed by atoms with E-state index in [1.54, 1.807) is 0 Å². The average molecular weight is 769 g/mol. The van der Waals surface area contributed by atoms with Crippen molar-refractivity contribution in [1.29, 1.82) is 0 Å². The summed E-state index contributed by atoms with van der Waals surface area (Å²) in [6, 6.07) is 62.2. The maximum Gasteiger partial charge on any atom is 0.147 e. The van der Waals surface area contributed by atoms with Gasteiger partial charge in [0, 0.05) is 50.5 Å². The van der Waals surface area contributed by atoms with E-state index in [2.05, 4.69) is 179 Å². The van der Waals surface area contributed by atoms with Crippen LogP contribution in [0.25, 0.3) is 88.5 Å². The molecule has 11 aromatic rings. The van der Waals surface area contributed by atoms with Gasteiger partial charge in [-0.3, -0.25) is 9.13 Å². The molecule has 0 spiro atoms. The third kappa shape index (κ3) is 5.49. The Labute approximate surface area is 346 Å². The fourth-order valence-corrected chi connectivity index (χ4v) is 9.16. The summed E-state index contributed by atoms with van der Waals surface area (Å²) in [5, 5.41) is 5.57. The van der Waals surface area contributed by atoms with Gasteiger partial charge >= 0.3 is 0 Å². The molecule has 6 aromatic carbocycles. The van der Waals surface area contributed by atoms with Crippen LogP contribution >= 0.6 is 0 Å². The van der Waals surface area contributed by atoms with E-state index >= 15 is 0 Å². The van der Waals surface area contributed by atoms with Gasteiger partial charge in [0.1, 0.15) is 22.9 Å². The predicted octanol–water partition coefficient (Wildman–Crippen LogP) is 12.8. The Morgan fingerprint density at radius 1 is 0.450 bits per heavy atom. The Bertz CT molecular complexity index is 3370. The predicted molar refractivity (Wildman–Crippen MR) is 247 cm³/mol. The number of aromatic nitrogens is 5. The summed E-state index contributed by atoms with van der Waals surface area (Å²) in [6.45, 7) is 0. The highest BCUT2D eigenvalue weighted by Gasteiger charge is 2.24. The molecule has 0 saturated heterocycles. The van der Waals surface area contributed by atoms with Gasteiger partial charge in [-0.1, -0.05) is 115 Å². The Morgan fingerprint density at radius 3 is 1.67 bits per heavy atom. The minimum atomic E-state index is 0.769. The zero-order valence-corrected chi connectivity index (χ0v) is 32.6. The monoisotopic (exact) mass is 768 g/mol. The SMILES string of the molecule is C1=C(c2cc(-c3ccccc3)cc(-c3ccccc3)c2)\N=C(\n2c3ccccc3c3cccnc32)c2ccc3ccc(-n4c5ccccc5c5cccnc54)nc3c2CC/1. The van der Waals surface area contributed by atoms with Gasteiger partial charge in [0.05, 0.1) is 22.2 Å². The van der Waals surface area contributed by atoms with E-state index in [4.69, 9.17) is 19.9 Å². The number of benzene rings is 6. The third-order valence-corrected chi connectivity index (χ3v) is 11.9. The van der Waals surface area contributed by atoms with E-state index in [1.807, 2.05) is 24.5 Å². The number of hydrogen-bond acceptors (Lipinski definition) is 4. The van der Waals surface area contributed by atoms with Gasteiger partial charge in [0.15, 0.2) is 0 Å². The molecular formula is C54H36N6. The van der Waals surface area contributed by atoms with Gasteiger partial charge in [-0.15, -0.1) is 0 Å². The number of allylic oxidation sites excluding steroid dienone is 1. The quantitative estimate of drug-likeness (QED) is 0.179. The average Bonchev–Trinajstić information content (AvgIpc) is 3.83. The first-order valence-electron chi connectivity index (χ1n) is 20.4. The zero-order valence-electron chi connectivity index (χ0n) is 32.6. The summed E-state index contributed by atoms with van der Waals surface area (Å²) in [4.78, 5) is 21.2. The Kier molecular flexibility index (Phi) is 7.88. The summed E-state index contributed by atoms with van der Waals surface area (Å²) in [6.07, 6.45) is 7.60. The number of rotatable bonds is 4. The fourth-order valence-electron chi connectivity index (χ4n) is 9.16. The number of nitrogens with zero attached hydrogens (tertiary/aromatic N) is 6. The first-order valence-corrected chi connectivity index (χ1v) is 20.4. The van der Waals surface area contributed by atoms with Gasteiger partial charge < -0.3 is 0 Å². The van der Waals surface area contributed by atoms with Crippen molar-refractivity contribution in [2.75, 3.05) is 0 Å². The largest absolute Gasteiger partial charge is 0.278 e. The molecule has 0 bridgehead atoms. The molecule has 1 aliphatic rings. The second kappa shape index (κ2) is 13.9. The van der Waals surface area contributed by atoms with E-state index in [9.17, 15) is 0 Å².